The number of nitrogens with one attached hydrogen (secondary N) is 2. The van der Waals surface area contributed by atoms with Crippen LogP contribution in [0.1, 0.15) is 73.6 Å². The average molecular weight is 533 g/mol. The Balaban J connectivity index is 1.46. The molecule has 8 heteroatoms. The predicted octanol–water partition coefficient (Wildman–Crippen LogP) is 7.25. The molecule has 1 aliphatic rings. The van der Waals surface area contributed by atoms with Crippen molar-refractivity contribution in [2.24, 2.45) is 0 Å². The van der Waals surface area contributed by atoms with E-state index in [1.54, 1.807) is 29.2 Å². The van der Waals surface area contributed by atoms with Gasteiger partial charge in [0.25, 0.3) is 0 Å². The van der Waals surface area contributed by atoms with Crippen LogP contribution in [0, 0.1) is 24.1 Å². The lowest BCUT2D eigenvalue weighted by molar-refractivity contribution is 0.610. The van der Waals surface area contributed by atoms with Crippen molar-refractivity contribution in [3.8, 4) is 6.07 Å². The van der Waals surface area contributed by atoms with Crippen molar-refractivity contribution in [1.29, 1.82) is 5.26 Å². The fourth-order valence-corrected chi connectivity index (χ4v) is 5.03. The van der Waals surface area contributed by atoms with E-state index in [0.717, 1.165) is 41.3 Å². The number of hydrogen-bond donors (Lipinski definition) is 2. The number of rotatable bonds is 9. The highest BCUT2D eigenvalue weighted by Crippen LogP contribution is 2.37. The fourth-order valence-electron chi connectivity index (χ4n) is 5.03. The van der Waals surface area contributed by atoms with Crippen LogP contribution in [0.4, 0.5) is 15.8 Å². The maximum Gasteiger partial charge on any atom is 0.123 e. The van der Waals surface area contributed by atoms with Crippen molar-refractivity contribution in [3.05, 3.63) is 113 Å². The molecule has 6 rings (SSSR count). The third-order valence-corrected chi connectivity index (χ3v) is 7.30. The molecule has 2 N–H and O–H groups in total. The van der Waals surface area contributed by atoms with Gasteiger partial charge in [0.1, 0.15) is 17.6 Å². The lowest BCUT2D eigenvalue weighted by Crippen LogP contribution is -2.14. The van der Waals surface area contributed by atoms with Crippen LogP contribution in [0.25, 0.3) is 10.9 Å². The second kappa shape index (κ2) is 10.8. The molecule has 1 saturated carbocycles. The zero-order chi connectivity index (χ0) is 28.6. The Bertz CT molecular complexity index is 1740. The number of nitrogens with zero attached hydrogens (tertiary/aromatic N) is 5. The molecule has 1 fully saturated rings. The van der Waals surface area contributed by atoms with E-state index in [4.69, 9.17) is 0 Å². The molecule has 2 atom stereocenters. The van der Waals surface area contributed by atoms with Gasteiger partial charge in [0.2, 0.25) is 0 Å². The van der Waals surface area contributed by atoms with Crippen molar-refractivity contribution in [2.45, 2.75) is 51.2 Å². The number of hydrogen-bond acceptors (Lipinski definition) is 6. The van der Waals surface area contributed by atoms with Gasteiger partial charge in [-0.3, -0.25) is 4.98 Å². The summed E-state index contributed by atoms with van der Waals surface area (Å²) in [5.74, 6) is -0.381. The summed E-state index contributed by atoms with van der Waals surface area (Å²) >= 11 is 0. The molecule has 3 aromatic carbocycles. The van der Waals surface area contributed by atoms with E-state index in [1.807, 2.05) is 37.3 Å². The molecule has 7 nitrogen and oxygen atoms in total. The summed E-state index contributed by atoms with van der Waals surface area (Å²) in [4.78, 5) is 4.61. The number of fused-ring (bicyclic) bond motifs is 1. The van der Waals surface area contributed by atoms with Crippen LogP contribution >= 0.6 is 0 Å². The van der Waals surface area contributed by atoms with E-state index in [0.29, 0.717) is 34.2 Å². The molecule has 0 aliphatic heterocycles. The Morgan fingerprint density at radius 1 is 1.10 bits per heavy atom. The van der Waals surface area contributed by atoms with Gasteiger partial charge in [-0.2, -0.15) is 5.26 Å². The molecule has 0 bridgehead atoms. The zero-order valence-electron chi connectivity index (χ0n) is 23.4. The molecule has 2 aromatic heterocycles. The molecular weight excluding hydrogens is 501 g/mol. The van der Waals surface area contributed by atoms with Crippen molar-refractivity contribution in [3.63, 3.8) is 0 Å². The van der Waals surface area contributed by atoms with Gasteiger partial charge in [-0.1, -0.05) is 54.6 Å². The SMILES string of the molecule is [2H]C(Nc1cc(C)c2ncc(C#N)c(NC(CC)c3ccccc3)c2c1)(c1ccc(F)cc1)c1cn(C2CC2)nn1. The van der Waals surface area contributed by atoms with Crippen molar-refractivity contribution in [2.75, 3.05) is 10.6 Å². The third-order valence-electron chi connectivity index (χ3n) is 7.30. The minimum atomic E-state index is -1.55. The molecule has 0 saturated heterocycles. The quantitative estimate of drug-likeness (QED) is 0.208. The molecule has 40 heavy (non-hydrogen) atoms. The first kappa shape index (κ1) is 24.3. The number of pyridine rings is 1. The molecule has 0 amide bonds. The molecular formula is C32H30FN7. The Hall–Kier alpha value is -4.77. The van der Waals surface area contributed by atoms with Gasteiger partial charge in [-0.25, -0.2) is 9.07 Å². The highest BCUT2D eigenvalue weighted by Gasteiger charge is 2.27. The Morgan fingerprint density at radius 2 is 1.88 bits per heavy atom. The van der Waals surface area contributed by atoms with Crippen molar-refractivity contribution < 1.29 is 5.76 Å². The maximum atomic E-state index is 13.9. The second-order valence-electron chi connectivity index (χ2n) is 10.2. The minimum Gasteiger partial charge on any atom is -0.377 e. The summed E-state index contributed by atoms with van der Waals surface area (Å²) in [7, 11) is 0. The Labute approximate surface area is 234 Å². The fraction of sp³-hybridized carbons (Fsp3) is 0.250. The molecule has 200 valence electrons. The smallest absolute Gasteiger partial charge is 0.123 e. The first-order valence-electron chi connectivity index (χ1n) is 14.0. The molecule has 1 aliphatic carbocycles. The van der Waals surface area contributed by atoms with Crippen LogP contribution in [0.2, 0.25) is 0 Å². The predicted molar refractivity (Wildman–Crippen MR) is 154 cm³/mol. The molecule has 5 aromatic rings. The number of anilines is 2. The normalized spacial score (nSPS) is 15.6. The number of nitriles is 1. The second-order valence-corrected chi connectivity index (χ2v) is 10.2. The highest BCUT2D eigenvalue weighted by molar-refractivity contribution is 5.98. The molecule has 0 spiro atoms. The van der Waals surface area contributed by atoms with Gasteiger partial charge in [0.15, 0.2) is 0 Å². The van der Waals surface area contributed by atoms with E-state index in [2.05, 4.69) is 51.1 Å². The van der Waals surface area contributed by atoms with Crippen molar-refractivity contribution >= 4 is 22.3 Å². The number of benzene rings is 3. The summed E-state index contributed by atoms with van der Waals surface area (Å²) in [6.45, 7) is 4.06. The van der Waals surface area contributed by atoms with Gasteiger partial charge in [-0.15, -0.1) is 5.10 Å². The van der Waals surface area contributed by atoms with E-state index in [1.165, 1.54) is 12.1 Å². The standard InChI is InChI=1S/C32H30FN7/c1-3-28(21-7-5-4-6-8-21)37-31-23(17-34)18-35-30-20(2)15-25(16-27(30)31)36-32(22-9-11-24(33)12-10-22)29-19-40(39-38-29)26-13-14-26/h4-12,15-16,18-19,26,28,32,36H,3,13-14H2,1-2H3,(H,35,37)/i32D. The highest BCUT2D eigenvalue weighted by atomic mass is 19.1. The summed E-state index contributed by atoms with van der Waals surface area (Å²) in [5, 5.41) is 26.4. The van der Waals surface area contributed by atoms with Gasteiger partial charge in [0, 0.05) is 17.3 Å². The monoisotopic (exact) mass is 532 g/mol. The van der Waals surface area contributed by atoms with E-state index >= 15 is 0 Å². The van der Waals surface area contributed by atoms with E-state index < -0.39 is 6.02 Å². The van der Waals surface area contributed by atoms with Crippen LogP contribution in [-0.4, -0.2) is 20.0 Å². The Morgan fingerprint density at radius 3 is 2.58 bits per heavy atom. The van der Waals surface area contributed by atoms with Gasteiger partial charge in [-0.05, 0) is 67.1 Å². The largest absolute Gasteiger partial charge is 0.377 e. The lowest BCUT2D eigenvalue weighted by atomic mass is 10.00. The topological polar surface area (TPSA) is 91.5 Å². The minimum absolute atomic E-state index is 0.0160. The van der Waals surface area contributed by atoms with Crippen LogP contribution in [0.3, 0.4) is 0 Å². The first-order valence-corrected chi connectivity index (χ1v) is 13.5. The first-order chi connectivity index (χ1) is 19.9. The zero-order valence-corrected chi connectivity index (χ0v) is 22.4. The number of aryl methyl sites for hydroxylation is 1. The maximum absolute atomic E-state index is 13.9. The number of aromatic nitrogens is 4. The lowest BCUT2D eigenvalue weighted by Gasteiger charge is -2.23. The number of halogens is 1. The van der Waals surface area contributed by atoms with Crippen LogP contribution < -0.4 is 10.6 Å². The van der Waals surface area contributed by atoms with Gasteiger partial charge >= 0.3 is 0 Å². The molecule has 0 radical (unpaired) electrons. The molecule has 2 unspecified atom stereocenters. The van der Waals surface area contributed by atoms with Gasteiger partial charge < -0.3 is 10.6 Å². The summed E-state index contributed by atoms with van der Waals surface area (Å²) in [6.07, 6.45) is 6.28. The van der Waals surface area contributed by atoms with Crippen molar-refractivity contribution in [1.82, 2.24) is 20.0 Å². The van der Waals surface area contributed by atoms with Gasteiger partial charge in [0.05, 0.1) is 42.4 Å². The van der Waals surface area contributed by atoms with E-state index in [-0.39, 0.29) is 11.9 Å². The van der Waals surface area contributed by atoms with Crippen LogP contribution in [-0.2, 0) is 0 Å². The van der Waals surface area contributed by atoms with Crippen LogP contribution in [0.5, 0.6) is 0 Å². The third kappa shape index (κ3) is 5.10. The summed E-state index contributed by atoms with van der Waals surface area (Å²) in [5.41, 5.74) is 5.47. The summed E-state index contributed by atoms with van der Waals surface area (Å²) in [6, 6.07) is 20.9. The Kier molecular flexibility index (Phi) is 6.54. The van der Waals surface area contributed by atoms with E-state index in [9.17, 15) is 11.0 Å². The van der Waals surface area contributed by atoms with Crippen LogP contribution in [0.15, 0.2) is 79.1 Å². The summed E-state index contributed by atoms with van der Waals surface area (Å²) < 4.78 is 25.3. The molecule has 2 heterocycles. The average Bonchev–Trinajstić information content (AvgIpc) is 3.72.